The third kappa shape index (κ3) is 22.4. The van der Waals surface area contributed by atoms with Crippen LogP contribution in [0.25, 0.3) is 0 Å². The second kappa shape index (κ2) is 22.7. The summed E-state index contributed by atoms with van der Waals surface area (Å²) in [6.07, 6.45) is 21.6. The SMILES string of the molecule is CCCCCCC/C=C/C=C(\C)[C@H](O)CC(=O)NC[C@H](O)[C@H](C)C(=O)NCC/C=C/C=C/C=C/C(=O)OC(C)(C)C. The van der Waals surface area contributed by atoms with Crippen LogP contribution in [0.2, 0.25) is 0 Å². The standard InChI is InChI=1S/C33H54N2O6/c1-7-8-9-10-11-12-15-18-21-26(2)28(36)24-30(38)35-25-29(37)27(3)32(40)34-23-20-17-14-13-16-19-22-31(39)41-33(4,5)6/h13-19,21-22,27-29,36-37H,7-12,20,23-25H2,1-6H3,(H,34,40)(H,35,38)/b16-13+,17-14+,18-15+,22-19+,26-21+/t27-,28+,29-/m0/s1. The van der Waals surface area contributed by atoms with Crippen LogP contribution in [0.5, 0.6) is 0 Å². The molecule has 8 heteroatoms. The lowest BCUT2D eigenvalue weighted by Gasteiger charge is -2.19. The van der Waals surface area contributed by atoms with Crippen LogP contribution in [0.15, 0.2) is 60.3 Å². The molecule has 0 unspecified atom stereocenters. The van der Waals surface area contributed by atoms with E-state index in [0.717, 1.165) is 12.8 Å². The van der Waals surface area contributed by atoms with Gasteiger partial charge in [0.1, 0.15) is 5.60 Å². The van der Waals surface area contributed by atoms with Crippen LogP contribution in [0, 0.1) is 5.92 Å². The first kappa shape index (κ1) is 38.0. The molecule has 3 atom stereocenters. The van der Waals surface area contributed by atoms with Gasteiger partial charge in [0.05, 0.1) is 24.5 Å². The molecule has 0 fully saturated rings. The van der Waals surface area contributed by atoms with Crippen molar-refractivity contribution in [1.29, 1.82) is 0 Å². The topological polar surface area (TPSA) is 125 Å². The minimum absolute atomic E-state index is 0.0810. The van der Waals surface area contributed by atoms with Gasteiger partial charge in [0, 0.05) is 19.2 Å². The van der Waals surface area contributed by atoms with Gasteiger partial charge in [0.15, 0.2) is 0 Å². The zero-order chi connectivity index (χ0) is 31.1. The summed E-state index contributed by atoms with van der Waals surface area (Å²) in [6.45, 7) is 11.3. The van der Waals surface area contributed by atoms with Gasteiger partial charge < -0.3 is 25.6 Å². The van der Waals surface area contributed by atoms with Crippen molar-refractivity contribution in [2.75, 3.05) is 13.1 Å². The third-order valence-corrected chi connectivity index (χ3v) is 6.09. The molecule has 2 amide bonds. The van der Waals surface area contributed by atoms with Gasteiger partial charge in [0.25, 0.3) is 0 Å². The molecule has 0 aliphatic heterocycles. The van der Waals surface area contributed by atoms with Crippen LogP contribution in [0.1, 0.15) is 92.9 Å². The monoisotopic (exact) mass is 574 g/mol. The summed E-state index contributed by atoms with van der Waals surface area (Å²) in [5.41, 5.74) is 0.166. The van der Waals surface area contributed by atoms with Crippen molar-refractivity contribution < 1.29 is 29.3 Å². The van der Waals surface area contributed by atoms with Gasteiger partial charge in [-0.2, -0.15) is 0 Å². The third-order valence-electron chi connectivity index (χ3n) is 6.09. The lowest BCUT2D eigenvalue weighted by molar-refractivity contribution is -0.148. The Balaban J connectivity index is 4.22. The number of unbranched alkanes of at least 4 members (excludes halogenated alkanes) is 5. The smallest absolute Gasteiger partial charge is 0.331 e. The number of ether oxygens (including phenoxy) is 1. The minimum atomic E-state index is -1.05. The molecule has 0 aliphatic rings. The normalized spacial score (nSPS) is 15.1. The van der Waals surface area contributed by atoms with E-state index >= 15 is 0 Å². The summed E-state index contributed by atoms with van der Waals surface area (Å²) >= 11 is 0. The average molecular weight is 575 g/mol. The van der Waals surface area contributed by atoms with Crippen molar-refractivity contribution in [3.05, 3.63) is 60.3 Å². The van der Waals surface area contributed by atoms with Crippen molar-refractivity contribution in [1.82, 2.24) is 10.6 Å². The van der Waals surface area contributed by atoms with E-state index in [2.05, 4.69) is 23.6 Å². The van der Waals surface area contributed by atoms with Crippen LogP contribution in [-0.2, 0) is 19.1 Å². The van der Waals surface area contributed by atoms with Crippen molar-refractivity contribution in [2.45, 2.75) is 111 Å². The van der Waals surface area contributed by atoms with Crippen molar-refractivity contribution in [3.8, 4) is 0 Å². The van der Waals surface area contributed by atoms with E-state index < -0.39 is 35.6 Å². The van der Waals surface area contributed by atoms with Crippen LogP contribution in [-0.4, -0.2) is 58.9 Å². The number of nitrogens with one attached hydrogen (secondary N) is 2. The molecule has 0 heterocycles. The molecular weight excluding hydrogens is 520 g/mol. The van der Waals surface area contributed by atoms with E-state index in [1.165, 1.54) is 31.8 Å². The highest BCUT2D eigenvalue weighted by atomic mass is 16.6. The van der Waals surface area contributed by atoms with E-state index in [9.17, 15) is 24.6 Å². The molecule has 8 nitrogen and oxygen atoms in total. The van der Waals surface area contributed by atoms with E-state index in [4.69, 9.17) is 4.74 Å². The van der Waals surface area contributed by atoms with E-state index in [1.54, 1.807) is 58.9 Å². The zero-order valence-electron chi connectivity index (χ0n) is 26.0. The molecule has 0 rings (SSSR count). The van der Waals surface area contributed by atoms with Gasteiger partial charge in [-0.1, -0.05) is 88.1 Å². The van der Waals surface area contributed by atoms with Crippen LogP contribution in [0.3, 0.4) is 0 Å². The first-order valence-electron chi connectivity index (χ1n) is 14.8. The number of hydrogen-bond acceptors (Lipinski definition) is 6. The molecule has 0 saturated heterocycles. The van der Waals surface area contributed by atoms with Gasteiger partial charge in [-0.05, 0) is 52.5 Å². The first-order chi connectivity index (χ1) is 19.4. The fourth-order valence-corrected chi connectivity index (χ4v) is 3.48. The molecule has 0 saturated carbocycles. The minimum Gasteiger partial charge on any atom is -0.457 e. The van der Waals surface area contributed by atoms with E-state index in [-0.39, 0.29) is 18.9 Å². The Kier molecular flexibility index (Phi) is 21.0. The highest BCUT2D eigenvalue weighted by Crippen LogP contribution is 2.09. The van der Waals surface area contributed by atoms with Gasteiger partial charge >= 0.3 is 5.97 Å². The number of amides is 2. The van der Waals surface area contributed by atoms with Crippen molar-refractivity contribution in [3.63, 3.8) is 0 Å². The Morgan fingerprint density at radius 1 is 0.878 bits per heavy atom. The first-order valence-corrected chi connectivity index (χ1v) is 14.8. The molecule has 0 aromatic carbocycles. The molecule has 232 valence electrons. The Labute approximate surface area is 247 Å². The lowest BCUT2D eigenvalue weighted by Crippen LogP contribution is -2.42. The van der Waals surface area contributed by atoms with Crippen LogP contribution < -0.4 is 10.6 Å². The van der Waals surface area contributed by atoms with Gasteiger partial charge in [-0.15, -0.1) is 0 Å². The highest BCUT2D eigenvalue weighted by molar-refractivity contribution is 5.82. The molecule has 0 aromatic heterocycles. The number of carbonyl (C=O) groups is 3. The number of aliphatic hydroxyl groups is 2. The second-order valence-corrected chi connectivity index (χ2v) is 11.2. The number of hydrogen-bond donors (Lipinski definition) is 4. The van der Waals surface area contributed by atoms with Crippen LogP contribution in [0.4, 0.5) is 0 Å². The Morgan fingerprint density at radius 3 is 2.22 bits per heavy atom. The molecular formula is C33H54N2O6. The lowest BCUT2D eigenvalue weighted by atomic mass is 10.0. The fraction of sp³-hybridized carbons (Fsp3) is 0.606. The summed E-state index contributed by atoms with van der Waals surface area (Å²) in [5.74, 6) is -1.82. The van der Waals surface area contributed by atoms with Gasteiger partial charge in [0.2, 0.25) is 11.8 Å². The predicted octanol–water partition coefficient (Wildman–Crippen LogP) is 5.23. The summed E-state index contributed by atoms with van der Waals surface area (Å²) < 4.78 is 5.16. The highest BCUT2D eigenvalue weighted by Gasteiger charge is 2.22. The quantitative estimate of drug-likeness (QED) is 0.0683. The van der Waals surface area contributed by atoms with Crippen LogP contribution >= 0.6 is 0 Å². The molecule has 0 bridgehead atoms. The average Bonchev–Trinajstić information content (AvgIpc) is 2.90. The summed E-state index contributed by atoms with van der Waals surface area (Å²) in [5, 5.41) is 26.0. The summed E-state index contributed by atoms with van der Waals surface area (Å²) in [6, 6.07) is 0. The Hall–Kier alpha value is -2.97. The Bertz CT molecular complexity index is 911. The number of carbonyl (C=O) groups excluding carboxylic acids is 3. The van der Waals surface area contributed by atoms with E-state index in [0.29, 0.717) is 18.5 Å². The summed E-state index contributed by atoms with van der Waals surface area (Å²) in [4.78, 5) is 36.1. The zero-order valence-corrected chi connectivity index (χ0v) is 26.0. The van der Waals surface area contributed by atoms with Gasteiger partial charge in [-0.25, -0.2) is 4.79 Å². The number of rotatable bonds is 20. The van der Waals surface area contributed by atoms with E-state index in [1.807, 2.05) is 18.2 Å². The number of allylic oxidation sites excluding steroid dienone is 7. The number of aliphatic hydroxyl groups excluding tert-OH is 2. The predicted molar refractivity (Wildman–Crippen MR) is 166 cm³/mol. The maximum absolute atomic E-state index is 12.3. The fourth-order valence-electron chi connectivity index (χ4n) is 3.48. The second-order valence-electron chi connectivity index (χ2n) is 11.2. The molecule has 0 aliphatic carbocycles. The largest absolute Gasteiger partial charge is 0.457 e. The molecule has 0 radical (unpaired) electrons. The molecule has 4 N–H and O–H groups in total. The van der Waals surface area contributed by atoms with Crippen molar-refractivity contribution >= 4 is 17.8 Å². The van der Waals surface area contributed by atoms with Gasteiger partial charge in [-0.3, -0.25) is 9.59 Å². The molecule has 41 heavy (non-hydrogen) atoms. The van der Waals surface area contributed by atoms with Crippen molar-refractivity contribution in [2.24, 2.45) is 5.92 Å². The molecule has 0 aromatic rings. The maximum Gasteiger partial charge on any atom is 0.331 e. The number of esters is 1. The Morgan fingerprint density at radius 2 is 1.54 bits per heavy atom. The summed E-state index contributed by atoms with van der Waals surface area (Å²) in [7, 11) is 0. The molecule has 0 spiro atoms. The maximum atomic E-state index is 12.3.